The minimum Gasteiger partial charge on any atom is -0.322 e. The highest BCUT2D eigenvalue weighted by Gasteiger charge is 2.17. The molecule has 0 fully saturated rings. The summed E-state index contributed by atoms with van der Waals surface area (Å²) < 4.78 is 26.5. The van der Waals surface area contributed by atoms with Gasteiger partial charge in [-0.1, -0.05) is 32.0 Å². The van der Waals surface area contributed by atoms with Crippen molar-refractivity contribution in [3.63, 3.8) is 0 Å². The second-order valence-electron chi connectivity index (χ2n) is 4.66. The average Bonchev–Trinajstić information content (AvgIpc) is 2.42. The van der Waals surface area contributed by atoms with Crippen LogP contribution in [0.5, 0.6) is 0 Å². The number of amides is 1. The lowest BCUT2D eigenvalue weighted by molar-refractivity contribution is 0.102. The van der Waals surface area contributed by atoms with Crippen molar-refractivity contribution >= 4 is 11.6 Å². The maximum absolute atomic E-state index is 13.5. The summed E-state index contributed by atoms with van der Waals surface area (Å²) >= 11 is 0. The highest BCUT2D eigenvalue weighted by molar-refractivity contribution is 6.04. The maximum atomic E-state index is 13.5. The lowest BCUT2D eigenvalue weighted by Gasteiger charge is -2.13. The van der Waals surface area contributed by atoms with Gasteiger partial charge < -0.3 is 5.32 Å². The van der Waals surface area contributed by atoms with E-state index in [0.29, 0.717) is 5.69 Å². The monoisotopic (exact) mass is 276 g/mol. The Hall–Kier alpha value is -2.30. The third-order valence-corrected chi connectivity index (χ3v) is 2.92. The smallest absolute Gasteiger partial charge is 0.258 e. The summed E-state index contributed by atoms with van der Waals surface area (Å²) in [5.74, 6) is -3.02. The number of nitrogens with zero attached hydrogens (tertiary/aromatic N) is 1. The number of rotatable bonds is 3. The zero-order valence-corrected chi connectivity index (χ0v) is 11.2. The molecule has 3 nitrogen and oxygen atoms in total. The van der Waals surface area contributed by atoms with E-state index in [1.165, 1.54) is 0 Å². The van der Waals surface area contributed by atoms with Gasteiger partial charge in [-0.3, -0.25) is 4.79 Å². The molecule has 104 valence electrons. The Morgan fingerprint density at radius 2 is 1.90 bits per heavy atom. The molecule has 0 saturated heterocycles. The summed E-state index contributed by atoms with van der Waals surface area (Å²) in [7, 11) is 0. The van der Waals surface area contributed by atoms with Crippen LogP contribution in [0.15, 0.2) is 36.5 Å². The second-order valence-corrected chi connectivity index (χ2v) is 4.66. The van der Waals surface area contributed by atoms with Crippen molar-refractivity contribution in [1.82, 2.24) is 4.98 Å². The molecule has 1 aromatic carbocycles. The first-order valence-corrected chi connectivity index (χ1v) is 6.21. The number of anilines is 1. The second kappa shape index (κ2) is 5.77. The van der Waals surface area contributed by atoms with E-state index in [9.17, 15) is 13.6 Å². The average molecular weight is 276 g/mol. The van der Waals surface area contributed by atoms with E-state index in [0.717, 1.165) is 17.8 Å². The van der Waals surface area contributed by atoms with E-state index < -0.39 is 17.7 Å². The molecule has 5 heteroatoms. The number of hydrogen-bond donors (Lipinski definition) is 1. The quantitative estimate of drug-likeness (QED) is 0.868. The van der Waals surface area contributed by atoms with Gasteiger partial charge in [0, 0.05) is 11.9 Å². The highest BCUT2D eigenvalue weighted by atomic mass is 19.2. The number of nitrogens with one attached hydrogen (secondary N) is 1. The van der Waals surface area contributed by atoms with Gasteiger partial charge in [-0.2, -0.15) is 4.39 Å². The molecule has 0 aliphatic carbocycles. The maximum Gasteiger partial charge on any atom is 0.258 e. The summed E-state index contributed by atoms with van der Waals surface area (Å²) in [5, 5.41) is 2.60. The highest BCUT2D eigenvalue weighted by Crippen LogP contribution is 2.24. The molecule has 0 bridgehead atoms. The molecule has 1 heterocycles. The van der Waals surface area contributed by atoms with Crippen LogP contribution in [0.4, 0.5) is 14.5 Å². The fourth-order valence-electron chi connectivity index (χ4n) is 1.90. The Kier molecular flexibility index (Phi) is 4.08. The largest absolute Gasteiger partial charge is 0.322 e. The van der Waals surface area contributed by atoms with Gasteiger partial charge in [-0.05, 0) is 23.6 Å². The van der Waals surface area contributed by atoms with Crippen LogP contribution in [0.1, 0.15) is 35.7 Å². The van der Waals surface area contributed by atoms with Crippen LogP contribution in [0, 0.1) is 11.8 Å². The topological polar surface area (TPSA) is 42.0 Å². The lowest BCUT2D eigenvalue weighted by atomic mass is 10.0. The van der Waals surface area contributed by atoms with E-state index >= 15 is 0 Å². The molecular weight excluding hydrogens is 262 g/mol. The molecule has 0 atom stereocenters. The molecular formula is C15H14F2N2O. The normalized spacial score (nSPS) is 10.7. The third kappa shape index (κ3) is 2.82. The first-order valence-electron chi connectivity index (χ1n) is 6.21. The van der Waals surface area contributed by atoms with E-state index in [4.69, 9.17) is 0 Å². The number of aromatic nitrogens is 1. The fourth-order valence-corrected chi connectivity index (χ4v) is 1.90. The van der Waals surface area contributed by atoms with Gasteiger partial charge in [0.25, 0.3) is 5.91 Å². The van der Waals surface area contributed by atoms with Crippen LogP contribution in [0.25, 0.3) is 0 Å². The molecule has 0 spiro atoms. The van der Waals surface area contributed by atoms with E-state index in [-0.39, 0.29) is 11.5 Å². The number of carbonyl (C=O) groups is 1. The van der Waals surface area contributed by atoms with Crippen molar-refractivity contribution in [2.75, 3.05) is 5.32 Å². The number of para-hydroxylation sites is 1. The minimum atomic E-state index is -1.28. The molecule has 0 aliphatic heterocycles. The van der Waals surface area contributed by atoms with Gasteiger partial charge >= 0.3 is 0 Å². The Balaban J connectivity index is 2.31. The Morgan fingerprint density at radius 3 is 2.60 bits per heavy atom. The van der Waals surface area contributed by atoms with Crippen LogP contribution in [0.2, 0.25) is 0 Å². The Labute approximate surface area is 115 Å². The first kappa shape index (κ1) is 14.1. The van der Waals surface area contributed by atoms with Crippen molar-refractivity contribution in [3.8, 4) is 0 Å². The lowest BCUT2D eigenvalue weighted by Crippen LogP contribution is -2.16. The molecule has 1 N–H and O–H groups in total. The van der Waals surface area contributed by atoms with Crippen molar-refractivity contribution in [2.24, 2.45) is 0 Å². The Morgan fingerprint density at radius 1 is 1.20 bits per heavy atom. The van der Waals surface area contributed by atoms with Crippen LogP contribution < -0.4 is 5.32 Å². The van der Waals surface area contributed by atoms with E-state index in [1.807, 2.05) is 26.0 Å². The predicted molar refractivity (Wildman–Crippen MR) is 72.6 cm³/mol. The van der Waals surface area contributed by atoms with Crippen molar-refractivity contribution in [1.29, 1.82) is 0 Å². The molecule has 2 rings (SSSR count). The molecule has 1 aromatic heterocycles. The van der Waals surface area contributed by atoms with Gasteiger partial charge in [-0.25, -0.2) is 9.37 Å². The molecule has 0 unspecified atom stereocenters. The number of carbonyl (C=O) groups excluding carboxylic acids is 1. The number of pyridine rings is 1. The molecule has 0 aliphatic rings. The number of hydrogen-bond acceptors (Lipinski definition) is 2. The number of benzene rings is 1. The Bertz CT molecular complexity index is 642. The summed E-state index contributed by atoms with van der Waals surface area (Å²) in [6, 6.07) is 8.38. The minimum absolute atomic E-state index is 0.200. The van der Waals surface area contributed by atoms with E-state index in [2.05, 4.69) is 10.3 Å². The molecule has 0 radical (unpaired) electrons. The van der Waals surface area contributed by atoms with E-state index in [1.54, 1.807) is 12.1 Å². The van der Waals surface area contributed by atoms with Gasteiger partial charge in [0.1, 0.15) is 0 Å². The van der Waals surface area contributed by atoms with Gasteiger partial charge in [0.2, 0.25) is 5.95 Å². The number of halogens is 2. The predicted octanol–water partition coefficient (Wildman–Crippen LogP) is 3.74. The standard InChI is InChI=1S/C15H14F2N2O/c1-9(2)10-5-3-4-6-12(10)19-15(20)11-7-8-18-14(17)13(11)16/h3-9H,1-2H3,(H,19,20). The zero-order chi connectivity index (χ0) is 14.7. The summed E-state index contributed by atoms with van der Waals surface area (Å²) in [4.78, 5) is 15.2. The van der Waals surface area contributed by atoms with Crippen molar-refractivity contribution < 1.29 is 13.6 Å². The summed E-state index contributed by atoms with van der Waals surface area (Å²) in [6.07, 6.45) is 1.06. The van der Waals surface area contributed by atoms with Gasteiger partial charge in [0.15, 0.2) is 5.82 Å². The summed E-state index contributed by atoms with van der Waals surface area (Å²) in [5.41, 5.74) is 1.15. The van der Waals surface area contributed by atoms with Crippen LogP contribution in [0.3, 0.4) is 0 Å². The fraction of sp³-hybridized carbons (Fsp3) is 0.200. The van der Waals surface area contributed by atoms with Gasteiger partial charge in [0.05, 0.1) is 5.56 Å². The van der Waals surface area contributed by atoms with Gasteiger partial charge in [-0.15, -0.1) is 0 Å². The molecule has 1 amide bonds. The van der Waals surface area contributed by atoms with Crippen molar-refractivity contribution in [2.45, 2.75) is 19.8 Å². The SMILES string of the molecule is CC(C)c1ccccc1NC(=O)c1ccnc(F)c1F. The molecule has 20 heavy (non-hydrogen) atoms. The van der Waals surface area contributed by atoms with Crippen LogP contribution >= 0.6 is 0 Å². The van der Waals surface area contributed by atoms with Crippen molar-refractivity contribution in [3.05, 3.63) is 59.4 Å². The van der Waals surface area contributed by atoms with Crippen LogP contribution in [-0.2, 0) is 0 Å². The third-order valence-electron chi connectivity index (χ3n) is 2.92. The first-order chi connectivity index (χ1) is 9.50. The zero-order valence-electron chi connectivity index (χ0n) is 11.2. The van der Waals surface area contributed by atoms with Crippen LogP contribution in [-0.4, -0.2) is 10.9 Å². The molecule has 2 aromatic rings. The molecule has 0 saturated carbocycles. The summed E-state index contributed by atoms with van der Waals surface area (Å²) in [6.45, 7) is 3.97.